The van der Waals surface area contributed by atoms with Crippen LogP contribution in [0.5, 0.6) is 11.5 Å². The molecule has 0 radical (unpaired) electrons. The summed E-state index contributed by atoms with van der Waals surface area (Å²) < 4.78 is 12.4. The lowest BCUT2D eigenvalue weighted by atomic mass is 9.75. The fourth-order valence-corrected chi connectivity index (χ4v) is 3.99. The van der Waals surface area contributed by atoms with Crippen LogP contribution in [0.2, 0.25) is 0 Å². The van der Waals surface area contributed by atoms with Gasteiger partial charge in [-0.25, -0.2) is 0 Å². The molecule has 0 spiro atoms. The Balaban J connectivity index is 1.95. The van der Waals surface area contributed by atoms with Crippen molar-refractivity contribution in [1.29, 1.82) is 0 Å². The van der Waals surface area contributed by atoms with Crippen LogP contribution in [0.1, 0.15) is 46.5 Å². The molecule has 3 aromatic rings. The maximum Gasteiger partial charge on any atom is 0.172 e. The Bertz CT molecular complexity index is 948. The van der Waals surface area contributed by atoms with Crippen molar-refractivity contribution in [3.05, 3.63) is 76.5 Å². The minimum Gasteiger partial charge on any atom is -0.507 e. The van der Waals surface area contributed by atoms with Gasteiger partial charge in [-0.05, 0) is 75.1 Å². The third kappa shape index (κ3) is 2.32. The summed E-state index contributed by atoms with van der Waals surface area (Å²) in [5.41, 5.74) is 4.04. The molecule has 0 fully saturated rings. The molecule has 1 aliphatic heterocycles. The first-order chi connectivity index (χ1) is 12.4. The zero-order chi connectivity index (χ0) is 18.5. The van der Waals surface area contributed by atoms with E-state index >= 15 is 0 Å². The van der Waals surface area contributed by atoms with Crippen LogP contribution >= 0.6 is 0 Å². The Labute approximate surface area is 153 Å². The Morgan fingerprint density at radius 2 is 1.88 bits per heavy atom. The molecule has 2 atom stereocenters. The van der Waals surface area contributed by atoms with Gasteiger partial charge in [0.15, 0.2) is 5.60 Å². The normalized spacial score (nSPS) is 21.9. The number of furan rings is 1. The molecule has 0 aliphatic carbocycles. The number of hydrogen-bond donors (Lipinski definition) is 1. The smallest absolute Gasteiger partial charge is 0.172 e. The molecular weight excluding hydrogens is 326 g/mol. The zero-order valence-corrected chi connectivity index (χ0v) is 15.5. The average Bonchev–Trinajstić information content (AvgIpc) is 3.20. The Kier molecular flexibility index (Phi) is 3.79. The van der Waals surface area contributed by atoms with Gasteiger partial charge in [0.05, 0.1) is 12.2 Å². The fraction of sp³-hybridized carbons (Fsp3) is 0.318. The van der Waals surface area contributed by atoms with Gasteiger partial charge in [-0.3, -0.25) is 4.98 Å². The molecule has 2 aromatic heterocycles. The van der Waals surface area contributed by atoms with Crippen molar-refractivity contribution in [2.75, 3.05) is 0 Å². The molecule has 1 aromatic carbocycles. The number of ether oxygens (including phenoxy) is 1. The van der Waals surface area contributed by atoms with Gasteiger partial charge in [0.2, 0.25) is 0 Å². The van der Waals surface area contributed by atoms with E-state index in [-0.39, 0.29) is 5.92 Å². The van der Waals surface area contributed by atoms with Crippen LogP contribution in [0.4, 0.5) is 0 Å². The van der Waals surface area contributed by atoms with Gasteiger partial charge in [0, 0.05) is 17.5 Å². The number of aromatic nitrogens is 1. The molecule has 0 amide bonds. The number of pyridine rings is 1. The van der Waals surface area contributed by atoms with E-state index in [0.717, 1.165) is 45.9 Å². The first kappa shape index (κ1) is 16.7. The lowest BCUT2D eigenvalue weighted by Crippen LogP contribution is -2.41. The fourth-order valence-electron chi connectivity index (χ4n) is 3.99. The standard InChI is InChI=1S/C22H23NO3/c1-13-14(2)21-16(15(3)20(13)24)12-17(18-8-5-6-10-23-18)22(4,26-21)19-9-7-11-25-19/h5-11,17,24H,12H2,1-4H3/t17?,22-/m1/s1. The molecule has 134 valence electrons. The van der Waals surface area contributed by atoms with Gasteiger partial charge in [0.25, 0.3) is 0 Å². The number of phenols is 1. The molecule has 0 bridgehead atoms. The largest absolute Gasteiger partial charge is 0.507 e. The number of nitrogens with zero attached hydrogens (tertiary/aromatic N) is 1. The minimum atomic E-state index is -0.675. The maximum atomic E-state index is 10.5. The summed E-state index contributed by atoms with van der Waals surface area (Å²) in [5, 5.41) is 10.5. The quantitative estimate of drug-likeness (QED) is 0.712. The number of phenolic OH excluding ortho intramolecular Hbond substituents is 1. The molecule has 1 N–H and O–H groups in total. The number of aromatic hydroxyl groups is 1. The predicted octanol–water partition coefficient (Wildman–Crippen LogP) is 4.94. The van der Waals surface area contributed by atoms with Crippen LogP contribution in [0.3, 0.4) is 0 Å². The highest BCUT2D eigenvalue weighted by atomic mass is 16.5. The second kappa shape index (κ2) is 5.90. The highest BCUT2D eigenvalue weighted by Crippen LogP contribution is 2.51. The highest BCUT2D eigenvalue weighted by molar-refractivity contribution is 5.59. The van der Waals surface area contributed by atoms with E-state index < -0.39 is 5.60 Å². The van der Waals surface area contributed by atoms with Crippen molar-refractivity contribution in [1.82, 2.24) is 4.98 Å². The van der Waals surface area contributed by atoms with Crippen LogP contribution in [-0.2, 0) is 12.0 Å². The molecule has 4 nitrogen and oxygen atoms in total. The van der Waals surface area contributed by atoms with Crippen molar-refractivity contribution in [2.24, 2.45) is 0 Å². The molecule has 0 saturated carbocycles. The van der Waals surface area contributed by atoms with Crippen LogP contribution in [-0.4, -0.2) is 10.1 Å². The highest BCUT2D eigenvalue weighted by Gasteiger charge is 2.47. The summed E-state index contributed by atoms with van der Waals surface area (Å²) in [5.74, 6) is 1.96. The van der Waals surface area contributed by atoms with Crippen molar-refractivity contribution in [3.8, 4) is 11.5 Å². The van der Waals surface area contributed by atoms with Gasteiger partial charge < -0.3 is 14.3 Å². The minimum absolute atomic E-state index is 0.0254. The summed E-state index contributed by atoms with van der Waals surface area (Å²) in [7, 11) is 0. The molecule has 4 heteroatoms. The predicted molar refractivity (Wildman–Crippen MR) is 99.7 cm³/mol. The third-order valence-electron chi connectivity index (χ3n) is 5.78. The Morgan fingerprint density at radius 3 is 2.54 bits per heavy atom. The van der Waals surface area contributed by atoms with E-state index in [0.29, 0.717) is 5.75 Å². The van der Waals surface area contributed by atoms with Gasteiger partial charge in [-0.1, -0.05) is 6.07 Å². The van der Waals surface area contributed by atoms with E-state index in [1.807, 2.05) is 51.1 Å². The first-order valence-electron chi connectivity index (χ1n) is 8.89. The topological polar surface area (TPSA) is 55.5 Å². The molecule has 4 rings (SSSR count). The van der Waals surface area contributed by atoms with E-state index in [4.69, 9.17) is 9.15 Å². The van der Waals surface area contributed by atoms with Crippen LogP contribution in [0.25, 0.3) is 0 Å². The first-order valence-corrected chi connectivity index (χ1v) is 8.89. The van der Waals surface area contributed by atoms with Crippen LogP contribution in [0, 0.1) is 20.8 Å². The van der Waals surface area contributed by atoms with Crippen LogP contribution < -0.4 is 4.74 Å². The van der Waals surface area contributed by atoms with Crippen molar-refractivity contribution in [2.45, 2.75) is 45.6 Å². The average molecular weight is 349 g/mol. The lowest BCUT2D eigenvalue weighted by molar-refractivity contribution is 0.0159. The van der Waals surface area contributed by atoms with Crippen molar-refractivity contribution >= 4 is 0 Å². The summed E-state index contributed by atoms with van der Waals surface area (Å²) in [4.78, 5) is 4.59. The molecule has 1 unspecified atom stereocenters. The maximum absolute atomic E-state index is 10.5. The molecule has 26 heavy (non-hydrogen) atoms. The number of benzene rings is 1. The second-order valence-electron chi connectivity index (χ2n) is 7.23. The van der Waals surface area contributed by atoms with Gasteiger partial charge in [-0.2, -0.15) is 0 Å². The molecule has 3 heterocycles. The summed E-state index contributed by atoms with van der Waals surface area (Å²) >= 11 is 0. The molecular formula is C22H23NO3. The third-order valence-corrected chi connectivity index (χ3v) is 5.78. The van der Waals surface area contributed by atoms with E-state index in [1.165, 1.54) is 0 Å². The van der Waals surface area contributed by atoms with Crippen LogP contribution in [0.15, 0.2) is 47.2 Å². The summed E-state index contributed by atoms with van der Waals surface area (Å²) in [6.45, 7) is 7.94. The van der Waals surface area contributed by atoms with E-state index in [9.17, 15) is 5.11 Å². The van der Waals surface area contributed by atoms with Crippen molar-refractivity contribution in [3.63, 3.8) is 0 Å². The molecule has 1 aliphatic rings. The van der Waals surface area contributed by atoms with E-state index in [2.05, 4.69) is 11.9 Å². The monoisotopic (exact) mass is 349 g/mol. The lowest BCUT2D eigenvalue weighted by Gasteiger charge is -2.42. The SMILES string of the molecule is Cc1c(C)c2c(c(C)c1O)CC(c1ccccn1)[C@](C)(c1ccco1)O2. The molecule has 0 saturated heterocycles. The van der Waals surface area contributed by atoms with Gasteiger partial charge in [-0.15, -0.1) is 0 Å². The zero-order valence-electron chi connectivity index (χ0n) is 15.5. The summed E-state index contributed by atoms with van der Waals surface area (Å²) in [6, 6.07) is 9.77. The Morgan fingerprint density at radius 1 is 1.08 bits per heavy atom. The Hall–Kier alpha value is -2.75. The number of rotatable bonds is 2. The van der Waals surface area contributed by atoms with E-state index in [1.54, 1.807) is 12.5 Å². The summed E-state index contributed by atoms with van der Waals surface area (Å²) in [6.07, 6.45) is 4.21. The second-order valence-corrected chi connectivity index (χ2v) is 7.23. The van der Waals surface area contributed by atoms with Crippen molar-refractivity contribution < 1.29 is 14.3 Å². The number of hydrogen-bond acceptors (Lipinski definition) is 4. The van der Waals surface area contributed by atoms with Gasteiger partial charge >= 0.3 is 0 Å². The number of fused-ring (bicyclic) bond motifs is 1. The van der Waals surface area contributed by atoms with Gasteiger partial charge in [0.1, 0.15) is 17.3 Å².